The van der Waals surface area contributed by atoms with Gasteiger partial charge in [-0.05, 0) is 24.6 Å². The first-order valence-electron chi connectivity index (χ1n) is 3.16. The van der Waals surface area contributed by atoms with Crippen molar-refractivity contribution in [3.8, 4) is 0 Å². The molecule has 0 saturated heterocycles. The van der Waals surface area contributed by atoms with E-state index in [-0.39, 0.29) is 0 Å². The summed E-state index contributed by atoms with van der Waals surface area (Å²) in [7, 11) is 0. The zero-order chi connectivity index (χ0) is 6.97. The predicted octanol–water partition coefficient (Wildman–Crippen LogP) is 2.61. The van der Waals surface area contributed by atoms with Gasteiger partial charge in [0.2, 0.25) is 0 Å². The molecule has 1 nitrogen and oxygen atoms in total. The third-order valence-electron chi connectivity index (χ3n) is 1.59. The van der Waals surface area contributed by atoms with E-state index < -0.39 is 0 Å². The van der Waals surface area contributed by atoms with Crippen molar-refractivity contribution in [3.63, 3.8) is 0 Å². The van der Waals surface area contributed by atoms with Gasteiger partial charge in [0.15, 0.2) is 0 Å². The van der Waals surface area contributed by atoms with Crippen LogP contribution in [0, 0.1) is 6.92 Å². The average Bonchev–Trinajstić information content (AvgIpc) is 2.36. The van der Waals surface area contributed by atoms with Gasteiger partial charge in [-0.25, -0.2) is 0 Å². The van der Waals surface area contributed by atoms with Gasteiger partial charge in [-0.1, -0.05) is 12.1 Å². The highest BCUT2D eigenvalue weighted by Crippen LogP contribution is 2.17. The van der Waals surface area contributed by atoms with Crippen LogP contribution >= 0.6 is 0 Å². The topological polar surface area (TPSA) is 13.1 Å². The summed E-state index contributed by atoms with van der Waals surface area (Å²) in [5.41, 5.74) is 1.93. The first-order valence-corrected chi connectivity index (χ1v) is 3.16. The van der Waals surface area contributed by atoms with Crippen LogP contribution < -0.4 is 0 Å². The fourth-order valence-electron chi connectivity index (χ4n) is 1.06. The Bertz CT molecular complexity index is 346. The first kappa shape index (κ1) is 5.54. The van der Waals surface area contributed by atoms with Crippen molar-refractivity contribution < 1.29 is 4.42 Å². The van der Waals surface area contributed by atoms with Crippen LogP contribution in [0.2, 0.25) is 0 Å². The quantitative estimate of drug-likeness (QED) is 0.535. The van der Waals surface area contributed by atoms with E-state index in [4.69, 9.17) is 4.42 Å². The summed E-state index contributed by atoms with van der Waals surface area (Å²) in [6.45, 7) is 3.86. The lowest BCUT2D eigenvalue weighted by Crippen LogP contribution is -1.69. The van der Waals surface area contributed by atoms with Crippen LogP contribution in [0.15, 0.2) is 34.9 Å². The number of fused-ring (bicyclic) bond motifs is 1. The van der Waals surface area contributed by atoms with Crippen molar-refractivity contribution >= 4 is 11.0 Å². The summed E-state index contributed by atoms with van der Waals surface area (Å²) < 4.78 is 5.16. The fourth-order valence-corrected chi connectivity index (χ4v) is 1.06. The highest BCUT2D eigenvalue weighted by atomic mass is 16.3. The third kappa shape index (κ3) is 0.637. The van der Waals surface area contributed by atoms with Crippen LogP contribution in [0.25, 0.3) is 11.0 Å². The van der Waals surface area contributed by atoms with Crippen LogP contribution in [0.3, 0.4) is 0 Å². The lowest BCUT2D eigenvalue weighted by atomic mass is 10.1. The molecule has 0 aliphatic heterocycles. The van der Waals surface area contributed by atoms with Crippen molar-refractivity contribution in [2.24, 2.45) is 0 Å². The van der Waals surface area contributed by atoms with Crippen molar-refractivity contribution in [1.29, 1.82) is 0 Å². The molecule has 1 heterocycles. The average molecular weight is 131 g/mol. The maximum Gasteiger partial charge on any atom is 0.134 e. The van der Waals surface area contributed by atoms with Crippen LogP contribution in [0.5, 0.6) is 0 Å². The largest absolute Gasteiger partial charge is 0.464 e. The number of benzene rings is 1. The normalized spacial score (nSPS) is 10.5. The second-order valence-corrected chi connectivity index (χ2v) is 2.25. The Morgan fingerprint density at radius 1 is 1.20 bits per heavy atom. The molecule has 1 aromatic carbocycles. The molecular weight excluding hydrogens is 124 g/mol. The monoisotopic (exact) mass is 131 g/mol. The van der Waals surface area contributed by atoms with E-state index in [1.807, 2.05) is 24.3 Å². The zero-order valence-electron chi connectivity index (χ0n) is 5.50. The lowest BCUT2D eigenvalue weighted by molar-refractivity contribution is 0.616. The Balaban J connectivity index is 2.95. The first-order chi connectivity index (χ1) is 4.88. The molecule has 1 heteroatoms. The molecule has 0 saturated carbocycles. The number of hydrogen-bond acceptors (Lipinski definition) is 1. The second kappa shape index (κ2) is 1.87. The minimum absolute atomic E-state index is 0.910. The maximum atomic E-state index is 5.16. The fraction of sp³-hybridized carbons (Fsp3) is 0. The van der Waals surface area contributed by atoms with Crippen LogP contribution in [-0.4, -0.2) is 0 Å². The van der Waals surface area contributed by atoms with E-state index in [0.29, 0.717) is 0 Å². The standard InChI is InChI=1S/C9H7O/c1-7-3-2-4-9-8(7)5-6-10-9/h2-6H,1H2. The van der Waals surface area contributed by atoms with Gasteiger partial charge >= 0.3 is 0 Å². The summed E-state index contributed by atoms with van der Waals surface area (Å²) in [4.78, 5) is 0. The van der Waals surface area contributed by atoms with E-state index in [0.717, 1.165) is 16.5 Å². The number of furan rings is 1. The number of hydrogen-bond donors (Lipinski definition) is 0. The summed E-state index contributed by atoms with van der Waals surface area (Å²) in [5.74, 6) is 0. The molecule has 0 aliphatic rings. The third-order valence-corrected chi connectivity index (χ3v) is 1.59. The minimum atomic E-state index is 0.910. The van der Waals surface area contributed by atoms with Gasteiger partial charge in [-0.2, -0.15) is 0 Å². The molecule has 1 radical (unpaired) electrons. The molecule has 2 rings (SSSR count). The molecule has 0 fully saturated rings. The van der Waals surface area contributed by atoms with Crippen molar-refractivity contribution in [1.82, 2.24) is 0 Å². The Morgan fingerprint density at radius 3 is 2.90 bits per heavy atom. The lowest BCUT2D eigenvalue weighted by Gasteiger charge is -1.90. The van der Waals surface area contributed by atoms with Crippen LogP contribution in [-0.2, 0) is 0 Å². The SMILES string of the molecule is [CH2]c1cccc2occc12. The van der Waals surface area contributed by atoms with Gasteiger partial charge in [-0.15, -0.1) is 0 Å². The molecule has 0 unspecified atom stereocenters. The molecule has 2 aromatic rings. The zero-order valence-corrected chi connectivity index (χ0v) is 5.50. The van der Waals surface area contributed by atoms with Crippen LogP contribution in [0.1, 0.15) is 5.56 Å². The van der Waals surface area contributed by atoms with Gasteiger partial charge in [0, 0.05) is 5.39 Å². The van der Waals surface area contributed by atoms with Gasteiger partial charge in [-0.3, -0.25) is 0 Å². The number of rotatable bonds is 0. The van der Waals surface area contributed by atoms with E-state index >= 15 is 0 Å². The summed E-state index contributed by atoms with van der Waals surface area (Å²) >= 11 is 0. The van der Waals surface area contributed by atoms with Crippen LogP contribution in [0.4, 0.5) is 0 Å². The predicted molar refractivity (Wildman–Crippen MR) is 40.7 cm³/mol. The van der Waals surface area contributed by atoms with Crippen molar-refractivity contribution in [2.75, 3.05) is 0 Å². The smallest absolute Gasteiger partial charge is 0.134 e. The molecule has 1 aromatic heterocycles. The van der Waals surface area contributed by atoms with Gasteiger partial charge in [0.25, 0.3) is 0 Å². The highest BCUT2D eigenvalue weighted by Gasteiger charge is 1.96. The van der Waals surface area contributed by atoms with E-state index in [2.05, 4.69) is 6.92 Å². The summed E-state index contributed by atoms with van der Waals surface area (Å²) in [6.07, 6.45) is 1.68. The molecule has 0 spiro atoms. The Kier molecular flexibility index (Phi) is 1.04. The second-order valence-electron chi connectivity index (χ2n) is 2.25. The Labute approximate surface area is 59.3 Å². The summed E-state index contributed by atoms with van der Waals surface area (Å²) in [6, 6.07) is 7.77. The van der Waals surface area contributed by atoms with Crippen molar-refractivity contribution in [3.05, 3.63) is 43.0 Å². The van der Waals surface area contributed by atoms with E-state index in [1.54, 1.807) is 6.26 Å². The molecule has 49 valence electrons. The molecule has 0 atom stereocenters. The molecule has 0 aliphatic carbocycles. The summed E-state index contributed by atoms with van der Waals surface area (Å²) in [5, 5.41) is 1.10. The maximum absolute atomic E-state index is 5.16. The van der Waals surface area contributed by atoms with Gasteiger partial charge in [0.1, 0.15) is 5.58 Å². The molecule has 10 heavy (non-hydrogen) atoms. The molecule has 0 amide bonds. The highest BCUT2D eigenvalue weighted by molar-refractivity contribution is 5.81. The molecule has 0 N–H and O–H groups in total. The molecule has 0 bridgehead atoms. The van der Waals surface area contributed by atoms with E-state index in [1.165, 1.54) is 0 Å². The van der Waals surface area contributed by atoms with E-state index in [9.17, 15) is 0 Å². The van der Waals surface area contributed by atoms with Gasteiger partial charge < -0.3 is 4.42 Å². The Morgan fingerprint density at radius 2 is 2.10 bits per heavy atom. The molecular formula is C9H7O. The minimum Gasteiger partial charge on any atom is -0.464 e. The van der Waals surface area contributed by atoms with Gasteiger partial charge in [0.05, 0.1) is 6.26 Å². The Hall–Kier alpha value is -1.24. The van der Waals surface area contributed by atoms with Crippen molar-refractivity contribution in [2.45, 2.75) is 0 Å².